The normalized spacial score (nSPS) is 11.6. The summed E-state index contributed by atoms with van der Waals surface area (Å²) >= 11 is 0. The zero-order chi connectivity index (χ0) is 21.0. The molecule has 0 aliphatic heterocycles. The minimum atomic E-state index is -4.65. The number of methoxy groups -OCH3 is 1. The van der Waals surface area contributed by atoms with Gasteiger partial charge in [-0.1, -0.05) is 30.3 Å². The molecule has 2 aromatic carbocycles. The summed E-state index contributed by atoms with van der Waals surface area (Å²) in [4.78, 5) is 25.0. The number of carbonyl (C=O) groups excluding carboxylic acids is 1. The average Bonchev–Trinajstić information content (AvgIpc) is 2.71. The highest BCUT2D eigenvalue weighted by molar-refractivity contribution is 5.96. The molecule has 3 aromatic rings. The van der Waals surface area contributed by atoms with Gasteiger partial charge in [0.25, 0.3) is 11.5 Å². The number of halogens is 3. The van der Waals surface area contributed by atoms with Crippen LogP contribution in [0.15, 0.2) is 53.3 Å². The molecule has 0 radical (unpaired) electrons. The summed E-state index contributed by atoms with van der Waals surface area (Å²) in [5.41, 5.74) is -1.43. The summed E-state index contributed by atoms with van der Waals surface area (Å²) in [5, 5.41) is 7.66. The van der Waals surface area contributed by atoms with Crippen LogP contribution in [0.5, 0.6) is 0 Å². The summed E-state index contributed by atoms with van der Waals surface area (Å²) in [6.45, 7) is 0.326. The molecule has 6 nitrogen and oxygen atoms in total. The van der Waals surface area contributed by atoms with Gasteiger partial charge in [-0.3, -0.25) is 9.59 Å². The van der Waals surface area contributed by atoms with Crippen LogP contribution in [-0.2, 0) is 24.0 Å². The fourth-order valence-electron chi connectivity index (χ4n) is 2.95. The van der Waals surface area contributed by atoms with Crippen molar-refractivity contribution in [2.45, 2.75) is 19.3 Å². The monoisotopic (exact) mass is 405 g/mol. The number of nitrogens with one attached hydrogen (secondary N) is 1. The minimum Gasteiger partial charge on any atom is -0.383 e. The van der Waals surface area contributed by atoms with Crippen molar-refractivity contribution in [2.24, 2.45) is 0 Å². The van der Waals surface area contributed by atoms with Crippen molar-refractivity contribution >= 4 is 16.7 Å². The SMILES string of the molecule is COCCn1nc(CNC(=O)c2ccccc2C(F)(F)F)c2ccccc2c1=O. The van der Waals surface area contributed by atoms with E-state index in [-0.39, 0.29) is 25.3 Å². The van der Waals surface area contributed by atoms with Crippen LogP contribution in [0.1, 0.15) is 21.6 Å². The largest absolute Gasteiger partial charge is 0.417 e. The standard InChI is InChI=1S/C20H18F3N3O3/c1-29-11-10-26-19(28)14-7-3-2-6-13(14)17(25-26)12-24-18(27)15-8-4-5-9-16(15)20(21,22)23/h2-9H,10-12H2,1H3,(H,24,27). The fraction of sp³-hybridized carbons (Fsp3) is 0.250. The highest BCUT2D eigenvalue weighted by atomic mass is 19.4. The Labute approximate surface area is 163 Å². The number of aromatic nitrogens is 2. The summed E-state index contributed by atoms with van der Waals surface area (Å²) in [7, 11) is 1.49. The highest BCUT2D eigenvalue weighted by Gasteiger charge is 2.34. The summed E-state index contributed by atoms with van der Waals surface area (Å²) in [6, 6.07) is 11.3. The van der Waals surface area contributed by atoms with Gasteiger partial charge in [-0.25, -0.2) is 4.68 Å². The van der Waals surface area contributed by atoms with E-state index >= 15 is 0 Å². The van der Waals surface area contributed by atoms with Crippen LogP contribution in [0, 0.1) is 0 Å². The third-order valence-electron chi connectivity index (χ3n) is 4.34. The Morgan fingerprint density at radius 1 is 1.10 bits per heavy atom. The van der Waals surface area contributed by atoms with E-state index in [2.05, 4.69) is 10.4 Å². The van der Waals surface area contributed by atoms with Crippen LogP contribution in [0.4, 0.5) is 13.2 Å². The van der Waals surface area contributed by atoms with Gasteiger partial charge in [0.15, 0.2) is 0 Å². The smallest absolute Gasteiger partial charge is 0.383 e. The second-order valence-electron chi connectivity index (χ2n) is 6.24. The lowest BCUT2D eigenvalue weighted by molar-refractivity contribution is -0.137. The lowest BCUT2D eigenvalue weighted by atomic mass is 10.1. The Balaban J connectivity index is 1.92. The second kappa shape index (κ2) is 8.44. The first-order valence-corrected chi connectivity index (χ1v) is 8.75. The zero-order valence-corrected chi connectivity index (χ0v) is 15.5. The zero-order valence-electron chi connectivity index (χ0n) is 15.5. The summed E-state index contributed by atoms with van der Waals surface area (Å²) in [6.07, 6.45) is -4.65. The van der Waals surface area contributed by atoms with Crippen molar-refractivity contribution in [2.75, 3.05) is 13.7 Å². The topological polar surface area (TPSA) is 73.2 Å². The van der Waals surface area contributed by atoms with Gasteiger partial charge >= 0.3 is 6.18 Å². The average molecular weight is 405 g/mol. The maximum Gasteiger partial charge on any atom is 0.417 e. The molecule has 0 aliphatic rings. The molecule has 0 bridgehead atoms. The Morgan fingerprint density at radius 3 is 2.45 bits per heavy atom. The molecule has 0 fully saturated rings. The fourth-order valence-corrected chi connectivity index (χ4v) is 2.95. The number of hydrogen-bond donors (Lipinski definition) is 1. The highest BCUT2D eigenvalue weighted by Crippen LogP contribution is 2.31. The first-order chi connectivity index (χ1) is 13.8. The molecule has 29 heavy (non-hydrogen) atoms. The van der Waals surface area contributed by atoms with Gasteiger partial charge in [-0.05, 0) is 18.2 Å². The molecule has 1 aromatic heterocycles. The summed E-state index contributed by atoms with van der Waals surface area (Å²) in [5.74, 6) is -0.876. The molecular formula is C20H18F3N3O3. The van der Waals surface area contributed by atoms with Gasteiger partial charge in [-0.15, -0.1) is 0 Å². The molecule has 152 valence electrons. The second-order valence-corrected chi connectivity index (χ2v) is 6.24. The minimum absolute atomic E-state index is 0.140. The number of nitrogens with zero attached hydrogens (tertiary/aromatic N) is 2. The van der Waals surface area contributed by atoms with E-state index in [0.29, 0.717) is 16.5 Å². The molecule has 0 atom stereocenters. The first-order valence-electron chi connectivity index (χ1n) is 8.75. The number of carbonyl (C=O) groups is 1. The van der Waals surface area contributed by atoms with Crippen LogP contribution in [0.2, 0.25) is 0 Å². The molecule has 1 heterocycles. The van der Waals surface area contributed by atoms with Crippen molar-refractivity contribution in [3.05, 3.63) is 75.7 Å². The van der Waals surface area contributed by atoms with Crippen LogP contribution in [0.25, 0.3) is 10.8 Å². The van der Waals surface area contributed by atoms with Crippen LogP contribution in [-0.4, -0.2) is 29.4 Å². The first kappa shape index (κ1) is 20.5. The predicted octanol–water partition coefficient (Wildman–Crippen LogP) is 2.99. The van der Waals surface area contributed by atoms with Gasteiger partial charge in [0.2, 0.25) is 0 Å². The van der Waals surface area contributed by atoms with Gasteiger partial charge in [0, 0.05) is 12.5 Å². The molecule has 1 amide bonds. The van der Waals surface area contributed by atoms with Crippen molar-refractivity contribution in [3.63, 3.8) is 0 Å². The quantitative estimate of drug-likeness (QED) is 0.684. The number of ether oxygens (including phenoxy) is 1. The molecule has 0 aliphatic carbocycles. The van der Waals surface area contributed by atoms with Gasteiger partial charge < -0.3 is 10.1 Å². The Kier molecular flexibility index (Phi) is 5.97. The molecule has 1 N–H and O–H groups in total. The molecule has 0 unspecified atom stereocenters. The van der Waals surface area contributed by atoms with Crippen LogP contribution in [0.3, 0.4) is 0 Å². The lowest BCUT2D eigenvalue weighted by Crippen LogP contribution is -2.30. The van der Waals surface area contributed by atoms with Crippen molar-refractivity contribution < 1.29 is 22.7 Å². The van der Waals surface area contributed by atoms with E-state index in [1.165, 1.54) is 23.9 Å². The summed E-state index contributed by atoms with van der Waals surface area (Å²) < 4.78 is 45.7. The number of amides is 1. The van der Waals surface area contributed by atoms with E-state index in [1.54, 1.807) is 24.3 Å². The molecule has 3 rings (SSSR count). The Morgan fingerprint density at radius 2 is 1.76 bits per heavy atom. The number of benzene rings is 2. The molecular weight excluding hydrogens is 387 g/mol. The Bertz CT molecular complexity index is 1090. The molecule has 9 heteroatoms. The predicted molar refractivity (Wildman–Crippen MR) is 100 cm³/mol. The number of rotatable bonds is 6. The van der Waals surface area contributed by atoms with Crippen molar-refractivity contribution in [1.29, 1.82) is 0 Å². The Hall–Kier alpha value is -3.20. The van der Waals surface area contributed by atoms with Gasteiger partial charge in [0.05, 0.1) is 41.9 Å². The van der Waals surface area contributed by atoms with Gasteiger partial charge in [-0.2, -0.15) is 18.3 Å². The van der Waals surface area contributed by atoms with E-state index < -0.39 is 23.2 Å². The number of alkyl halides is 3. The molecule has 0 spiro atoms. The van der Waals surface area contributed by atoms with E-state index in [0.717, 1.165) is 12.1 Å². The third-order valence-corrected chi connectivity index (χ3v) is 4.34. The molecule has 0 saturated carbocycles. The van der Waals surface area contributed by atoms with Gasteiger partial charge in [0.1, 0.15) is 0 Å². The lowest BCUT2D eigenvalue weighted by Gasteiger charge is -2.14. The van der Waals surface area contributed by atoms with Crippen molar-refractivity contribution in [3.8, 4) is 0 Å². The third kappa shape index (κ3) is 4.45. The number of fused-ring (bicyclic) bond motifs is 1. The maximum atomic E-state index is 13.2. The maximum absolute atomic E-state index is 13.2. The van der Waals surface area contributed by atoms with Crippen LogP contribution >= 0.6 is 0 Å². The molecule has 0 saturated heterocycles. The van der Waals surface area contributed by atoms with Crippen LogP contribution < -0.4 is 10.9 Å². The van der Waals surface area contributed by atoms with E-state index in [9.17, 15) is 22.8 Å². The van der Waals surface area contributed by atoms with E-state index in [1.807, 2.05) is 0 Å². The van der Waals surface area contributed by atoms with E-state index in [4.69, 9.17) is 4.74 Å². The number of hydrogen-bond acceptors (Lipinski definition) is 4. The van der Waals surface area contributed by atoms with Crippen molar-refractivity contribution in [1.82, 2.24) is 15.1 Å².